The summed E-state index contributed by atoms with van der Waals surface area (Å²) in [5.74, 6) is 0.613. The first kappa shape index (κ1) is 7.95. The molecule has 1 aromatic rings. The molecule has 3 rings (SSSR count). The van der Waals surface area contributed by atoms with Crippen LogP contribution in [0.15, 0.2) is 12.1 Å². The van der Waals surface area contributed by atoms with E-state index in [4.69, 9.17) is 5.26 Å². The van der Waals surface area contributed by atoms with Crippen molar-refractivity contribution in [2.45, 2.75) is 11.8 Å². The van der Waals surface area contributed by atoms with E-state index in [1.165, 1.54) is 6.07 Å². The molecule has 0 spiro atoms. The number of nitriles is 1. The molecule has 1 heterocycles. The number of nitrogens with one attached hydrogen (secondary N) is 1. The normalized spacial score (nSPS) is 27.4. The van der Waals surface area contributed by atoms with Gasteiger partial charge in [0.15, 0.2) is 0 Å². The van der Waals surface area contributed by atoms with Gasteiger partial charge in [-0.05, 0) is 23.3 Å². The fraction of sp³-hybridized carbons (Fsp3) is 0.364. The fourth-order valence-electron chi connectivity index (χ4n) is 2.57. The van der Waals surface area contributed by atoms with E-state index in [-0.39, 0.29) is 11.4 Å². The summed E-state index contributed by atoms with van der Waals surface area (Å²) in [6.07, 6.45) is 0. The largest absolute Gasteiger partial charge is 0.315 e. The van der Waals surface area contributed by atoms with Gasteiger partial charge in [-0.25, -0.2) is 4.39 Å². The fourth-order valence-corrected chi connectivity index (χ4v) is 2.57. The number of rotatable bonds is 0. The highest BCUT2D eigenvalue weighted by molar-refractivity contribution is 5.51. The Hall–Kier alpha value is -1.40. The van der Waals surface area contributed by atoms with Crippen molar-refractivity contribution in [1.29, 1.82) is 5.26 Å². The molecule has 2 nitrogen and oxygen atoms in total. The molecule has 0 bridgehead atoms. The number of fused-ring (bicyclic) bond motifs is 4. The highest BCUT2D eigenvalue weighted by atomic mass is 19.1. The van der Waals surface area contributed by atoms with Crippen LogP contribution in [0.25, 0.3) is 0 Å². The monoisotopic (exact) mass is 188 g/mol. The Labute approximate surface area is 81.4 Å². The van der Waals surface area contributed by atoms with Crippen LogP contribution in [-0.2, 0) is 0 Å². The highest BCUT2D eigenvalue weighted by Gasteiger charge is 2.41. The first-order valence-corrected chi connectivity index (χ1v) is 4.75. The summed E-state index contributed by atoms with van der Waals surface area (Å²) in [7, 11) is 0. The molecule has 1 N–H and O–H groups in total. The van der Waals surface area contributed by atoms with Gasteiger partial charge in [0.05, 0.1) is 5.56 Å². The van der Waals surface area contributed by atoms with E-state index in [9.17, 15) is 4.39 Å². The zero-order valence-electron chi connectivity index (χ0n) is 7.55. The number of hydrogen-bond acceptors (Lipinski definition) is 2. The minimum absolute atomic E-state index is 0.175. The molecule has 14 heavy (non-hydrogen) atoms. The zero-order valence-corrected chi connectivity index (χ0v) is 7.55. The number of nitrogens with zero attached hydrogens (tertiary/aromatic N) is 1. The Morgan fingerprint density at radius 2 is 1.93 bits per heavy atom. The van der Waals surface area contributed by atoms with E-state index in [2.05, 4.69) is 5.32 Å². The molecule has 1 aliphatic heterocycles. The van der Waals surface area contributed by atoms with E-state index >= 15 is 0 Å². The molecule has 1 aromatic carbocycles. The van der Waals surface area contributed by atoms with Crippen LogP contribution in [0.1, 0.15) is 28.5 Å². The zero-order chi connectivity index (χ0) is 9.71. The van der Waals surface area contributed by atoms with Gasteiger partial charge in [-0.1, -0.05) is 0 Å². The minimum atomic E-state index is -0.378. The van der Waals surface area contributed by atoms with Crippen molar-refractivity contribution in [1.82, 2.24) is 5.32 Å². The molecule has 0 amide bonds. The van der Waals surface area contributed by atoms with E-state index in [1.807, 2.05) is 6.07 Å². The molecule has 2 unspecified atom stereocenters. The lowest BCUT2D eigenvalue weighted by molar-refractivity contribution is 0.556. The summed E-state index contributed by atoms with van der Waals surface area (Å²) < 4.78 is 13.3. The van der Waals surface area contributed by atoms with Gasteiger partial charge >= 0.3 is 0 Å². The van der Waals surface area contributed by atoms with Crippen molar-refractivity contribution in [2.75, 3.05) is 13.1 Å². The second-order valence-corrected chi connectivity index (χ2v) is 3.94. The third-order valence-corrected chi connectivity index (χ3v) is 3.31. The van der Waals surface area contributed by atoms with Gasteiger partial charge in [0.2, 0.25) is 0 Å². The Morgan fingerprint density at radius 1 is 1.29 bits per heavy atom. The van der Waals surface area contributed by atoms with E-state index in [0.29, 0.717) is 11.8 Å². The standard InChI is InChI=1S/C11H9FN2/c12-11-2-8-7(1-6(11)3-13)9-4-14-5-10(8)9/h1-2,9-10,14H,4-5H2. The number of benzene rings is 1. The van der Waals surface area contributed by atoms with Crippen molar-refractivity contribution >= 4 is 0 Å². The summed E-state index contributed by atoms with van der Waals surface area (Å²) >= 11 is 0. The quantitative estimate of drug-likeness (QED) is 0.669. The minimum Gasteiger partial charge on any atom is -0.315 e. The Kier molecular flexibility index (Phi) is 1.45. The number of halogens is 1. The Bertz CT molecular complexity index is 447. The summed E-state index contributed by atoms with van der Waals surface area (Å²) in [5, 5.41) is 12.0. The van der Waals surface area contributed by atoms with Gasteiger partial charge in [-0.15, -0.1) is 0 Å². The molecule has 2 atom stereocenters. The third-order valence-electron chi connectivity index (χ3n) is 3.31. The summed E-state index contributed by atoms with van der Waals surface area (Å²) in [6.45, 7) is 1.91. The second kappa shape index (κ2) is 2.55. The van der Waals surface area contributed by atoms with Gasteiger partial charge in [0.1, 0.15) is 11.9 Å². The van der Waals surface area contributed by atoms with Crippen LogP contribution < -0.4 is 5.32 Å². The predicted octanol–water partition coefficient (Wildman–Crippen LogP) is 1.48. The van der Waals surface area contributed by atoms with Crippen LogP contribution in [0.2, 0.25) is 0 Å². The summed E-state index contributed by atoms with van der Waals surface area (Å²) in [5.41, 5.74) is 2.43. The lowest BCUT2D eigenvalue weighted by Gasteiger charge is -2.33. The average molecular weight is 188 g/mol. The third kappa shape index (κ3) is 0.816. The molecule has 1 aliphatic carbocycles. The first-order chi connectivity index (χ1) is 6.81. The molecule has 0 radical (unpaired) electrons. The smallest absolute Gasteiger partial charge is 0.141 e. The lowest BCUT2D eigenvalue weighted by atomic mass is 9.69. The van der Waals surface area contributed by atoms with Crippen LogP contribution in [0.5, 0.6) is 0 Å². The maximum atomic E-state index is 13.3. The van der Waals surface area contributed by atoms with Crippen molar-refractivity contribution in [3.05, 3.63) is 34.6 Å². The maximum Gasteiger partial charge on any atom is 0.141 e. The molecule has 1 fully saturated rings. The van der Waals surface area contributed by atoms with E-state index < -0.39 is 0 Å². The molecular formula is C11H9FN2. The van der Waals surface area contributed by atoms with Crippen molar-refractivity contribution in [2.24, 2.45) is 0 Å². The molecule has 0 aromatic heterocycles. The van der Waals surface area contributed by atoms with Gasteiger partial charge < -0.3 is 5.32 Å². The SMILES string of the molecule is N#Cc1cc2c(cc1F)C1CNCC21. The summed E-state index contributed by atoms with van der Waals surface area (Å²) in [4.78, 5) is 0. The van der Waals surface area contributed by atoms with Gasteiger partial charge in [-0.2, -0.15) is 5.26 Å². The van der Waals surface area contributed by atoms with E-state index in [0.717, 1.165) is 24.2 Å². The van der Waals surface area contributed by atoms with Crippen LogP contribution in [-0.4, -0.2) is 13.1 Å². The van der Waals surface area contributed by atoms with Gasteiger partial charge in [-0.3, -0.25) is 0 Å². The number of hydrogen-bond donors (Lipinski definition) is 1. The molecule has 3 heteroatoms. The van der Waals surface area contributed by atoms with Crippen LogP contribution >= 0.6 is 0 Å². The topological polar surface area (TPSA) is 35.8 Å². The van der Waals surface area contributed by atoms with Gasteiger partial charge in [0, 0.05) is 24.9 Å². The average Bonchev–Trinajstić information content (AvgIpc) is 2.60. The predicted molar refractivity (Wildman–Crippen MR) is 49.5 cm³/mol. The second-order valence-electron chi connectivity index (χ2n) is 3.94. The van der Waals surface area contributed by atoms with E-state index in [1.54, 1.807) is 6.07 Å². The highest BCUT2D eigenvalue weighted by Crippen LogP contribution is 2.49. The van der Waals surface area contributed by atoms with Crippen molar-refractivity contribution < 1.29 is 4.39 Å². The molecular weight excluding hydrogens is 179 g/mol. The van der Waals surface area contributed by atoms with Crippen LogP contribution in [0.3, 0.4) is 0 Å². The lowest BCUT2D eigenvalue weighted by Crippen LogP contribution is -2.23. The van der Waals surface area contributed by atoms with Crippen LogP contribution in [0.4, 0.5) is 4.39 Å². The molecule has 70 valence electrons. The Morgan fingerprint density at radius 3 is 2.57 bits per heavy atom. The molecule has 1 saturated heterocycles. The van der Waals surface area contributed by atoms with Crippen molar-refractivity contribution in [3.63, 3.8) is 0 Å². The first-order valence-electron chi connectivity index (χ1n) is 4.75. The molecule has 0 saturated carbocycles. The van der Waals surface area contributed by atoms with Gasteiger partial charge in [0.25, 0.3) is 0 Å². The van der Waals surface area contributed by atoms with Crippen LogP contribution in [0, 0.1) is 17.1 Å². The Balaban J connectivity index is 2.14. The maximum absolute atomic E-state index is 13.3. The summed E-state index contributed by atoms with van der Waals surface area (Å²) in [6, 6.07) is 5.12. The van der Waals surface area contributed by atoms with Crippen molar-refractivity contribution in [3.8, 4) is 6.07 Å². The molecule has 2 aliphatic rings.